The molecule has 15 nitrogen and oxygen atoms in total. The molecule has 3 amide bonds. The van der Waals surface area contributed by atoms with Crippen molar-refractivity contribution in [3.63, 3.8) is 0 Å². The molecule has 0 spiro atoms. The summed E-state index contributed by atoms with van der Waals surface area (Å²) < 4.78 is 62.2. The van der Waals surface area contributed by atoms with E-state index >= 15 is 0 Å². The van der Waals surface area contributed by atoms with Gasteiger partial charge in [0.2, 0.25) is 16.8 Å². The second-order valence-corrected chi connectivity index (χ2v) is 14.2. The zero-order valence-electron chi connectivity index (χ0n) is 27.3. The molecule has 0 bridgehead atoms. The van der Waals surface area contributed by atoms with Crippen molar-refractivity contribution in [1.82, 2.24) is 20.3 Å². The van der Waals surface area contributed by atoms with E-state index in [1.54, 1.807) is 24.3 Å². The van der Waals surface area contributed by atoms with Crippen molar-refractivity contribution in [2.24, 2.45) is 11.8 Å². The van der Waals surface area contributed by atoms with Gasteiger partial charge in [-0.2, -0.15) is 4.31 Å². The fourth-order valence-electron chi connectivity index (χ4n) is 5.75. The SMILES string of the molecule is CNC(=O)NCCOc1ccc(C[C@H](NC(=O)OC2COC3OCCC23)[C@H](O)CN(CC(C)C)S(=O)(=O)c2ccc3c(c2)OCO3)cc1. The van der Waals surface area contributed by atoms with E-state index in [0.29, 0.717) is 36.8 Å². The van der Waals surface area contributed by atoms with E-state index in [4.69, 9.17) is 28.4 Å². The number of urea groups is 1. The number of sulfonamides is 1. The number of amides is 3. The number of ether oxygens (including phenoxy) is 6. The topological polar surface area (TPSA) is 183 Å². The first-order chi connectivity index (χ1) is 23.0. The molecule has 3 aliphatic heterocycles. The predicted octanol–water partition coefficient (Wildman–Crippen LogP) is 1.83. The first kappa shape index (κ1) is 35.5. The smallest absolute Gasteiger partial charge is 0.407 e. The summed E-state index contributed by atoms with van der Waals surface area (Å²) in [5.41, 5.74) is 0.748. The summed E-state index contributed by atoms with van der Waals surface area (Å²) in [5, 5.41) is 19.5. The van der Waals surface area contributed by atoms with E-state index in [1.165, 1.54) is 29.6 Å². The minimum atomic E-state index is -4.08. The van der Waals surface area contributed by atoms with Gasteiger partial charge >= 0.3 is 12.1 Å². The number of aliphatic hydroxyl groups is 1. The summed E-state index contributed by atoms with van der Waals surface area (Å²) in [4.78, 5) is 24.5. The Morgan fingerprint density at radius 3 is 2.58 bits per heavy atom. The first-order valence-corrected chi connectivity index (χ1v) is 17.4. The average molecular weight is 693 g/mol. The van der Waals surface area contributed by atoms with E-state index in [-0.39, 0.29) is 62.3 Å². The summed E-state index contributed by atoms with van der Waals surface area (Å²) in [6.07, 6.45) is -2.13. The van der Waals surface area contributed by atoms with Crippen LogP contribution in [0.3, 0.4) is 0 Å². The zero-order chi connectivity index (χ0) is 34.3. The van der Waals surface area contributed by atoms with Crippen molar-refractivity contribution in [2.45, 2.75) is 56.1 Å². The molecule has 2 fully saturated rings. The highest BCUT2D eigenvalue weighted by Crippen LogP contribution is 2.35. The van der Waals surface area contributed by atoms with Crippen LogP contribution in [0.1, 0.15) is 25.8 Å². The number of rotatable bonds is 15. The van der Waals surface area contributed by atoms with Crippen LogP contribution in [-0.2, 0) is 30.7 Å². The van der Waals surface area contributed by atoms with Gasteiger partial charge in [0.15, 0.2) is 17.8 Å². The van der Waals surface area contributed by atoms with Gasteiger partial charge in [-0.25, -0.2) is 18.0 Å². The number of hydrogen-bond donors (Lipinski definition) is 4. The molecule has 264 valence electrons. The first-order valence-electron chi connectivity index (χ1n) is 16.0. The van der Waals surface area contributed by atoms with Gasteiger partial charge in [0, 0.05) is 26.2 Å². The number of nitrogens with one attached hydrogen (secondary N) is 3. The summed E-state index contributed by atoms with van der Waals surface area (Å²) in [6, 6.07) is 10.2. The predicted molar refractivity (Wildman–Crippen MR) is 171 cm³/mol. The maximum Gasteiger partial charge on any atom is 0.407 e. The van der Waals surface area contributed by atoms with Gasteiger partial charge < -0.3 is 49.5 Å². The molecule has 3 aliphatic rings. The van der Waals surface area contributed by atoms with Crippen LogP contribution in [-0.4, -0.2) is 108 Å². The number of nitrogens with zero attached hydrogens (tertiary/aromatic N) is 1. The molecule has 0 aromatic heterocycles. The number of aliphatic hydroxyl groups excluding tert-OH is 1. The minimum Gasteiger partial charge on any atom is -0.492 e. The summed E-state index contributed by atoms with van der Waals surface area (Å²) in [7, 11) is -2.56. The number of fused-ring (bicyclic) bond motifs is 2. The van der Waals surface area contributed by atoms with Gasteiger partial charge in [0.05, 0.1) is 42.7 Å². The van der Waals surface area contributed by atoms with Crippen molar-refractivity contribution in [3.8, 4) is 17.2 Å². The van der Waals surface area contributed by atoms with E-state index in [9.17, 15) is 23.1 Å². The second-order valence-electron chi connectivity index (χ2n) is 12.2. The normalized spacial score (nSPS) is 21.1. The summed E-state index contributed by atoms with van der Waals surface area (Å²) in [5.74, 6) is 1.19. The maximum absolute atomic E-state index is 13.9. The van der Waals surface area contributed by atoms with E-state index in [2.05, 4.69) is 16.0 Å². The lowest BCUT2D eigenvalue weighted by atomic mass is 10.0. The Balaban J connectivity index is 1.30. The molecule has 0 radical (unpaired) electrons. The van der Waals surface area contributed by atoms with Crippen molar-refractivity contribution in [3.05, 3.63) is 48.0 Å². The fraction of sp³-hybridized carbons (Fsp3) is 0.562. The third-order valence-electron chi connectivity index (χ3n) is 8.21. The number of alkyl carbamates (subject to hydrolysis) is 1. The van der Waals surface area contributed by atoms with Gasteiger partial charge in [-0.1, -0.05) is 26.0 Å². The van der Waals surface area contributed by atoms with Gasteiger partial charge in [0.1, 0.15) is 18.5 Å². The largest absolute Gasteiger partial charge is 0.492 e. The lowest BCUT2D eigenvalue weighted by Crippen LogP contribution is -2.51. The molecule has 48 heavy (non-hydrogen) atoms. The molecule has 3 heterocycles. The maximum atomic E-state index is 13.9. The van der Waals surface area contributed by atoms with Crippen molar-refractivity contribution < 1.29 is 51.5 Å². The van der Waals surface area contributed by atoms with Gasteiger partial charge in [-0.3, -0.25) is 0 Å². The van der Waals surface area contributed by atoms with Crippen LogP contribution in [0.5, 0.6) is 17.2 Å². The minimum absolute atomic E-state index is 0.000108. The monoisotopic (exact) mass is 692 g/mol. The lowest BCUT2D eigenvalue weighted by Gasteiger charge is -2.31. The molecule has 2 saturated heterocycles. The van der Waals surface area contributed by atoms with Crippen LogP contribution in [0.2, 0.25) is 0 Å². The Hall–Kier alpha value is -3.83. The molecule has 16 heteroatoms. The van der Waals surface area contributed by atoms with Crippen molar-refractivity contribution in [2.75, 3.05) is 53.3 Å². The van der Waals surface area contributed by atoms with E-state index < -0.39 is 40.7 Å². The van der Waals surface area contributed by atoms with Crippen LogP contribution in [0.4, 0.5) is 9.59 Å². The summed E-state index contributed by atoms with van der Waals surface area (Å²) >= 11 is 0. The molecule has 4 N–H and O–H groups in total. The van der Waals surface area contributed by atoms with Crippen LogP contribution >= 0.6 is 0 Å². The summed E-state index contributed by atoms with van der Waals surface area (Å²) in [6.45, 7) is 4.86. The highest BCUT2D eigenvalue weighted by atomic mass is 32.2. The Morgan fingerprint density at radius 2 is 1.83 bits per heavy atom. The average Bonchev–Trinajstić information content (AvgIpc) is 3.81. The zero-order valence-corrected chi connectivity index (χ0v) is 28.1. The standard InChI is InChI=1S/C32H44N4O11S/c1-20(2)16-36(48(40,41)23-8-9-27-28(15-23)46-19-45-27)17-26(37)25(35-32(39)47-29-18-44-30-24(29)10-12-43-30)14-21-4-6-22(7-5-21)42-13-11-34-31(38)33-3/h4-9,15,20,24-26,29-30,37H,10-14,16-19H2,1-3H3,(H,35,39)(H2,33,34,38)/t24?,25-,26+,29?,30?/m0/s1. The van der Waals surface area contributed by atoms with Gasteiger partial charge in [-0.15, -0.1) is 0 Å². The Bertz CT molecular complexity index is 1510. The Morgan fingerprint density at radius 1 is 1.06 bits per heavy atom. The van der Waals surface area contributed by atoms with Crippen LogP contribution in [0.25, 0.3) is 0 Å². The Kier molecular flexibility index (Phi) is 11.9. The van der Waals surface area contributed by atoms with E-state index in [1.807, 2.05) is 13.8 Å². The van der Waals surface area contributed by atoms with Gasteiger partial charge in [0.25, 0.3) is 0 Å². The molecule has 0 saturated carbocycles. The van der Waals surface area contributed by atoms with Gasteiger partial charge in [-0.05, 0) is 48.6 Å². The van der Waals surface area contributed by atoms with Crippen molar-refractivity contribution >= 4 is 22.1 Å². The highest BCUT2D eigenvalue weighted by Gasteiger charge is 2.44. The molecule has 2 aromatic rings. The molecule has 5 atom stereocenters. The highest BCUT2D eigenvalue weighted by molar-refractivity contribution is 7.89. The van der Waals surface area contributed by atoms with Crippen LogP contribution in [0, 0.1) is 11.8 Å². The van der Waals surface area contributed by atoms with Crippen molar-refractivity contribution in [1.29, 1.82) is 0 Å². The molecule has 3 unspecified atom stereocenters. The molecule has 0 aliphatic carbocycles. The second kappa shape index (κ2) is 16.0. The fourth-order valence-corrected chi connectivity index (χ4v) is 7.39. The molecular weight excluding hydrogens is 648 g/mol. The number of hydrogen-bond acceptors (Lipinski definition) is 11. The molecule has 5 rings (SSSR count). The third kappa shape index (κ3) is 8.99. The number of carbonyl (C=O) groups is 2. The Labute approximate surface area is 280 Å². The third-order valence-corrected chi connectivity index (χ3v) is 10.0. The molecule has 2 aromatic carbocycles. The molecular formula is C32H44N4O11S. The van der Waals surface area contributed by atoms with Crippen LogP contribution in [0.15, 0.2) is 47.4 Å². The van der Waals surface area contributed by atoms with Crippen LogP contribution < -0.4 is 30.2 Å². The van der Waals surface area contributed by atoms with E-state index in [0.717, 1.165) is 5.56 Å². The number of carbonyl (C=O) groups excluding carboxylic acids is 2. The number of benzene rings is 2. The lowest BCUT2D eigenvalue weighted by molar-refractivity contribution is -0.0907. The quantitative estimate of drug-likeness (QED) is 0.200.